The molecule has 0 radical (unpaired) electrons. The van der Waals surface area contributed by atoms with Crippen LogP contribution in [0.5, 0.6) is 5.75 Å². The van der Waals surface area contributed by atoms with E-state index in [0.29, 0.717) is 37.5 Å². The van der Waals surface area contributed by atoms with Crippen molar-refractivity contribution in [2.75, 3.05) is 47.4 Å². The van der Waals surface area contributed by atoms with Crippen LogP contribution in [-0.4, -0.2) is 75.2 Å². The normalized spacial score (nSPS) is 16.5. The van der Waals surface area contributed by atoms with Crippen LogP contribution < -0.4 is 4.74 Å². The summed E-state index contributed by atoms with van der Waals surface area (Å²) in [6.45, 7) is 5.15. The van der Waals surface area contributed by atoms with Crippen LogP contribution in [0.1, 0.15) is 21.5 Å². The first kappa shape index (κ1) is 18.7. The number of hydrogen-bond acceptors (Lipinski definition) is 4. The molecule has 1 aromatic rings. The topological polar surface area (TPSA) is 70.2 Å². The van der Waals surface area contributed by atoms with Crippen molar-refractivity contribution in [3.63, 3.8) is 0 Å². The van der Waals surface area contributed by atoms with E-state index in [0.717, 1.165) is 11.1 Å². The zero-order chi connectivity index (χ0) is 18.1. The third-order valence-corrected chi connectivity index (χ3v) is 6.11. The summed E-state index contributed by atoms with van der Waals surface area (Å²) >= 11 is 0. The average Bonchev–Trinajstić information content (AvgIpc) is 2.53. The molecule has 1 saturated heterocycles. The minimum Gasteiger partial charge on any atom is -0.496 e. The number of benzene rings is 1. The van der Waals surface area contributed by atoms with E-state index in [-0.39, 0.29) is 5.91 Å². The van der Waals surface area contributed by atoms with Crippen molar-refractivity contribution in [3.8, 4) is 5.75 Å². The van der Waals surface area contributed by atoms with Gasteiger partial charge >= 0.3 is 0 Å². The van der Waals surface area contributed by atoms with Crippen LogP contribution in [0.15, 0.2) is 12.1 Å². The van der Waals surface area contributed by atoms with E-state index >= 15 is 0 Å². The van der Waals surface area contributed by atoms with E-state index in [4.69, 9.17) is 4.74 Å². The predicted molar refractivity (Wildman–Crippen MR) is 92.6 cm³/mol. The molecule has 1 amide bonds. The van der Waals surface area contributed by atoms with Crippen LogP contribution in [0.25, 0.3) is 0 Å². The van der Waals surface area contributed by atoms with Crippen molar-refractivity contribution < 1.29 is 17.9 Å². The second-order valence-corrected chi connectivity index (χ2v) is 8.29. The Hall–Kier alpha value is -1.64. The molecule has 8 heteroatoms. The second kappa shape index (κ2) is 7.08. The van der Waals surface area contributed by atoms with Gasteiger partial charge in [0.15, 0.2) is 0 Å². The van der Waals surface area contributed by atoms with Crippen molar-refractivity contribution in [3.05, 3.63) is 28.8 Å². The smallest absolute Gasteiger partial charge is 0.281 e. The van der Waals surface area contributed by atoms with Crippen LogP contribution >= 0.6 is 0 Å². The van der Waals surface area contributed by atoms with E-state index in [9.17, 15) is 13.2 Å². The largest absolute Gasteiger partial charge is 0.496 e. The van der Waals surface area contributed by atoms with Gasteiger partial charge in [0, 0.05) is 40.3 Å². The summed E-state index contributed by atoms with van der Waals surface area (Å²) in [5.74, 6) is 0.453. The van der Waals surface area contributed by atoms with Gasteiger partial charge in [0.2, 0.25) is 0 Å². The lowest BCUT2D eigenvalue weighted by Crippen LogP contribution is -2.53. The Morgan fingerprint density at radius 3 is 2.21 bits per heavy atom. The summed E-state index contributed by atoms with van der Waals surface area (Å²) in [4.78, 5) is 14.5. The molecule has 0 atom stereocenters. The third-order valence-electron chi connectivity index (χ3n) is 4.17. The molecule has 134 valence electrons. The fourth-order valence-corrected chi connectivity index (χ4v) is 3.99. The molecule has 0 aliphatic carbocycles. The molecule has 1 aromatic carbocycles. The summed E-state index contributed by atoms with van der Waals surface area (Å²) in [6.07, 6.45) is 0. The molecular weight excluding hydrogens is 330 g/mol. The molecule has 0 bridgehead atoms. The van der Waals surface area contributed by atoms with Crippen LogP contribution in [0.3, 0.4) is 0 Å². The standard InChI is InChI=1S/C16H25N3O4S/c1-12-10-13(2)15(23-5)14(11-12)16(20)18-6-8-19(9-7-18)24(21,22)17(3)4/h10-11H,6-9H2,1-5H3. The van der Waals surface area contributed by atoms with Crippen LogP contribution in [0, 0.1) is 13.8 Å². The van der Waals surface area contributed by atoms with Crippen molar-refractivity contribution >= 4 is 16.1 Å². The number of carbonyl (C=O) groups excluding carboxylic acids is 1. The average molecular weight is 355 g/mol. The highest BCUT2D eigenvalue weighted by Gasteiger charge is 2.31. The molecule has 7 nitrogen and oxygen atoms in total. The molecule has 0 N–H and O–H groups in total. The first-order valence-electron chi connectivity index (χ1n) is 7.80. The molecule has 1 fully saturated rings. The SMILES string of the molecule is COc1c(C)cc(C)cc1C(=O)N1CCN(S(=O)(=O)N(C)C)CC1. The van der Waals surface area contributed by atoms with E-state index in [2.05, 4.69) is 0 Å². The van der Waals surface area contributed by atoms with Crippen molar-refractivity contribution in [1.29, 1.82) is 0 Å². The molecule has 0 saturated carbocycles. The zero-order valence-electron chi connectivity index (χ0n) is 14.9. The highest BCUT2D eigenvalue weighted by molar-refractivity contribution is 7.86. The van der Waals surface area contributed by atoms with Gasteiger partial charge in [0.25, 0.3) is 16.1 Å². The Labute approximate surface area is 144 Å². The lowest BCUT2D eigenvalue weighted by molar-refractivity contribution is 0.0691. The maximum atomic E-state index is 12.8. The van der Waals surface area contributed by atoms with Crippen LogP contribution in [0.2, 0.25) is 0 Å². The number of methoxy groups -OCH3 is 1. The highest BCUT2D eigenvalue weighted by atomic mass is 32.2. The number of ether oxygens (including phenoxy) is 1. The first-order chi connectivity index (χ1) is 11.2. The monoisotopic (exact) mass is 355 g/mol. The Kier molecular flexibility index (Phi) is 5.52. The van der Waals surface area contributed by atoms with Crippen molar-refractivity contribution in [2.24, 2.45) is 0 Å². The first-order valence-corrected chi connectivity index (χ1v) is 9.20. The summed E-state index contributed by atoms with van der Waals surface area (Å²) in [6, 6.07) is 3.79. The Balaban J connectivity index is 2.17. The van der Waals surface area contributed by atoms with Crippen LogP contribution in [-0.2, 0) is 10.2 Å². The van der Waals surface area contributed by atoms with Crippen molar-refractivity contribution in [1.82, 2.24) is 13.5 Å². The summed E-state index contributed by atoms with van der Waals surface area (Å²) in [7, 11) is 1.13. The lowest BCUT2D eigenvalue weighted by Gasteiger charge is -2.35. The molecule has 1 heterocycles. The maximum absolute atomic E-state index is 12.8. The highest BCUT2D eigenvalue weighted by Crippen LogP contribution is 2.27. The number of nitrogens with zero attached hydrogens (tertiary/aromatic N) is 3. The van der Waals surface area contributed by atoms with E-state index in [1.165, 1.54) is 22.7 Å². The minimum atomic E-state index is -3.44. The number of amides is 1. The lowest BCUT2D eigenvalue weighted by atomic mass is 10.0. The number of rotatable bonds is 4. The zero-order valence-corrected chi connectivity index (χ0v) is 15.7. The van der Waals surface area contributed by atoms with Gasteiger partial charge in [-0.1, -0.05) is 6.07 Å². The minimum absolute atomic E-state index is 0.124. The predicted octanol–water partition coefficient (Wildman–Crippen LogP) is 0.876. The van der Waals surface area contributed by atoms with Gasteiger partial charge in [-0.15, -0.1) is 0 Å². The van der Waals surface area contributed by atoms with Gasteiger partial charge in [-0.2, -0.15) is 17.0 Å². The molecule has 0 aromatic heterocycles. The van der Waals surface area contributed by atoms with Gasteiger partial charge in [-0.3, -0.25) is 4.79 Å². The van der Waals surface area contributed by atoms with E-state index in [1.807, 2.05) is 26.0 Å². The van der Waals surface area contributed by atoms with E-state index < -0.39 is 10.2 Å². The van der Waals surface area contributed by atoms with E-state index in [1.54, 1.807) is 12.0 Å². The molecule has 24 heavy (non-hydrogen) atoms. The van der Waals surface area contributed by atoms with Gasteiger partial charge < -0.3 is 9.64 Å². The number of carbonyl (C=O) groups is 1. The Bertz CT molecular complexity index is 723. The molecule has 1 aliphatic heterocycles. The number of hydrogen-bond donors (Lipinski definition) is 0. The molecule has 1 aliphatic rings. The fraction of sp³-hybridized carbons (Fsp3) is 0.562. The molecule has 0 unspecified atom stereocenters. The summed E-state index contributed by atoms with van der Waals surface area (Å²) < 4.78 is 32.3. The number of piperazine rings is 1. The molecule has 2 rings (SSSR count). The summed E-state index contributed by atoms with van der Waals surface area (Å²) in [5, 5.41) is 0. The second-order valence-electron chi connectivity index (χ2n) is 6.14. The molecular formula is C16H25N3O4S. The van der Waals surface area contributed by atoms with Gasteiger partial charge in [0.05, 0.1) is 12.7 Å². The summed E-state index contributed by atoms with van der Waals surface area (Å²) in [5.41, 5.74) is 2.43. The third kappa shape index (κ3) is 3.55. The van der Waals surface area contributed by atoms with Gasteiger partial charge in [0.1, 0.15) is 5.75 Å². The Morgan fingerprint density at radius 1 is 1.12 bits per heavy atom. The molecule has 0 spiro atoms. The number of aryl methyl sites for hydroxylation is 2. The maximum Gasteiger partial charge on any atom is 0.281 e. The fourth-order valence-electron chi connectivity index (χ4n) is 2.91. The van der Waals surface area contributed by atoms with Crippen molar-refractivity contribution in [2.45, 2.75) is 13.8 Å². The van der Waals surface area contributed by atoms with Gasteiger partial charge in [-0.05, 0) is 31.0 Å². The van der Waals surface area contributed by atoms with Crippen LogP contribution in [0.4, 0.5) is 0 Å². The quantitative estimate of drug-likeness (QED) is 0.804. The Morgan fingerprint density at radius 2 is 1.71 bits per heavy atom. The van der Waals surface area contributed by atoms with Gasteiger partial charge in [-0.25, -0.2) is 0 Å².